The standard InChI is InChI=1S/C28H28FN3O4S/c1-3-5-6-7-15-35-19-12-9-17(10-13-19)24-23-25(33)20-16-18(29)11-14-21(20)36-26(23)27(34)32(24)28-31-30-22(37-28)8-4-2/h9-14,16,24H,3-8,15H2,1-2H3. The highest BCUT2D eigenvalue weighted by Gasteiger charge is 2.45. The van der Waals surface area contributed by atoms with E-state index in [4.69, 9.17) is 9.15 Å². The smallest absolute Gasteiger partial charge is 0.297 e. The lowest BCUT2D eigenvalue weighted by molar-refractivity contribution is 0.0970. The average molecular weight is 522 g/mol. The first-order valence-electron chi connectivity index (χ1n) is 12.7. The molecule has 7 nitrogen and oxygen atoms in total. The molecule has 2 aromatic heterocycles. The van der Waals surface area contributed by atoms with Crippen molar-refractivity contribution in [2.24, 2.45) is 0 Å². The number of fused-ring (bicyclic) bond motifs is 2. The van der Waals surface area contributed by atoms with Crippen molar-refractivity contribution in [3.63, 3.8) is 0 Å². The van der Waals surface area contributed by atoms with E-state index >= 15 is 0 Å². The van der Waals surface area contributed by atoms with Crippen LogP contribution in [0.15, 0.2) is 51.7 Å². The van der Waals surface area contributed by atoms with E-state index in [9.17, 15) is 14.0 Å². The van der Waals surface area contributed by atoms with Gasteiger partial charge in [0.25, 0.3) is 5.91 Å². The number of hydrogen-bond donors (Lipinski definition) is 0. The van der Waals surface area contributed by atoms with Gasteiger partial charge in [0.15, 0.2) is 5.43 Å². The van der Waals surface area contributed by atoms with Gasteiger partial charge >= 0.3 is 0 Å². The molecule has 192 valence electrons. The summed E-state index contributed by atoms with van der Waals surface area (Å²) >= 11 is 1.32. The summed E-state index contributed by atoms with van der Waals surface area (Å²) in [6.07, 6.45) is 6.08. The molecule has 0 aliphatic carbocycles. The number of unbranched alkanes of at least 4 members (excludes halogenated alkanes) is 3. The summed E-state index contributed by atoms with van der Waals surface area (Å²) in [6, 6.07) is 10.3. The Bertz CT molecular complexity index is 1480. The minimum atomic E-state index is -0.785. The Labute approximate surface area is 217 Å². The number of halogens is 1. The third-order valence-corrected chi connectivity index (χ3v) is 7.40. The lowest BCUT2D eigenvalue weighted by Gasteiger charge is -2.22. The predicted octanol–water partition coefficient (Wildman–Crippen LogP) is 6.45. The van der Waals surface area contributed by atoms with Gasteiger partial charge in [-0.2, -0.15) is 0 Å². The Balaban J connectivity index is 1.56. The van der Waals surface area contributed by atoms with Gasteiger partial charge in [0.05, 0.1) is 23.6 Å². The number of hydrogen-bond acceptors (Lipinski definition) is 7. The molecule has 1 unspecified atom stereocenters. The lowest BCUT2D eigenvalue weighted by Crippen LogP contribution is -2.29. The van der Waals surface area contributed by atoms with E-state index in [-0.39, 0.29) is 22.3 Å². The maximum atomic E-state index is 14.0. The van der Waals surface area contributed by atoms with E-state index in [0.29, 0.717) is 23.1 Å². The summed E-state index contributed by atoms with van der Waals surface area (Å²) in [6.45, 7) is 4.84. The van der Waals surface area contributed by atoms with Crippen LogP contribution in [0.25, 0.3) is 11.0 Å². The van der Waals surface area contributed by atoms with Crippen molar-refractivity contribution in [3.8, 4) is 5.75 Å². The monoisotopic (exact) mass is 521 g/mol. The fourth-order valence-electron chi connectivity index (χ4n) is 4.58. The zero-order valence-corrected chi connectivity index (χ0v) is 21.6. The second-order valence-corrected chi connectivity index (χ2v) is 10.1. The molecule has 3 heterocycles. The van der Waals surface area contributed by atoms with Crippen LogP contribution >= 0.6 is 11.3 Å². The molecule has 0 radical (unpaired) electrons. The number of ether oxygens (including phenoxy) is 1. The molecule has 1 amide bonds. The van der Waals surface area contributed by atoms with Gasteiger partial charge in [-0.3, -0.25) is 14.5 Å². The number of carbonyl (C=O) groups is 1. The highest BCUT2D eigenvalue weighted by molar-refractivity contribution is 7.15. The Morgan fingerprint density at radius 2 is 1.84 bits per heavy atom. The first-order chi connectivity index (χ1) is 18.0. The van der Waals surface area contributed by atoms with Crippen LogP contribution in [0, 0.1) is 5.82 Å². The van der Waals surface area contributed by atoms with Crippen molar-refractivity contribution < 1.29 is 18.3 Å². The number of nitrogens with zero attached hydrogens (tertiary/aromatic N) is 3. The van der Waals surface area contributed by atoms with E-state index in [1.807, 2.05) is 31.2 Å². The van der Waals surface area contributed by atoms with Gasteiger partial charge in [-0.1, -0.05) is 56.6 Å². The Morgan fingerprint density at radius 3 is 2.59 bits per heavy atom. The zero-order chi connectivity index (χ0) is 25.9. The number of carbonyl (C=O) groups excluding carboxylic acids is 1. The third kappa shape index (κ3) is 4.87. The van der Waals surface area contributed by atoms with Gasteiger partial charge in [-0.15, -0.1) is 10.2 Å². The molecule has 0 bridgehead atoms. The molecule has 2 aromatic carbocycles. The zero-order valence-electron chi connectivity index (χ0n) is 20.8. The van der Waals surface area contributed by atoms with E-state index < -0.39 is 23.2 Å². The molecule has 1 aliphatic rings. The van der Waals surface area contributed by atoms with Crippen LogP contribution in [0.4, 0.5) is 9.52 Å². The summed E-state index contributed by atoms with van der Waals surface area (Å²) in [5.41, 5.74) is 0.588. The Hall–Kier alpha value is -3.59. The van der Waals surface area contributed by atoms with Crippen molar-refractivity contribution in [1.82, 2.24) is 10.2 Å². The van der Waals surface area contributed by atoms with Crippen LogP contribution in [0.3, 0.4) is 0 Å². The third-order valence-electron chi connectivity index (χ3n) is 6.42. The molecular weight excluding hydrogens is 493 g/mol. The Kier molecular flexibility index (Phi) is 7.32. The first-order valence-corrected chi connectivity index (χ1v) is 13.5. The Morgan fingerprint density at radius 1 is 1.03 bits per heavy atom. The van der Waals surface area contributed by atoms with E-state index in [1.54, 1.807) is 0 Å². The fourth-order valence-corrected chi connectivity index (χ4v) is 5.55. The molecule has 0 fully saturated rings. The van der Waals surface area contributed by atoms with E-state index in [1.165, 1.54) is 34.8 Å². The molecule has 37 heavy (non-hydrogen) atoms. The topological polar surface area (TPSA) is 85.5 Å². The SMILES string of the molecule is CCCCCCOc1ccc(C2c3c(oc4ccc(F)cc4c3=O)C(=O)N2c2nnc(CCC)s2)cc1. The maximum Gasteiger partial charge on any atom is 0.297 e. The number of aryl methyl sites for hydroxylation is 1. The van der Waals surface area contributed by atoms with Crippen LogP contribution in [0.2, 0.25) is 0 Å². The van der Waals surface area contributed by atoms with E-state index in [0.717, 1.165) is 43.2 Å². The van der Waals surface area contributed by atoms with Crippen molar-refractivity contribution in [2.45, 2.75) is 58.4 Å². The highest BCUT2D eigenvalue weighted by Crippen LogP contribution is 2.42. The summed E-state index contributed by atoms with van der Waals surface area (Å²) < 4.78 is 25.8. The minimum Gasteiger partial charge on any atom is -0.494 e. The van der Waals surface area contributed by atoms with Crippen molar-refractivity contribution in [1.29, 1.82) is 0 Å². The largest absolute Gasteiger partial charge is 0.494 e. The van der Waals surface area contributed by atoms with Crippen molar-refractivity contribution in [3.05, 3.63) is 80.4 Å². The van der Waals surface area contributed by atoms with Gasteiger partial charge in [0, 0.05) is 6.42 Å². The summed E-state index contributed by atoms with van der Waals surface area (Å²) in [5.74, 6) is -0.368. The molecular formula is C28H28FN3O4S. The molecule has 9 heteroatoms. The number of amides is 1. The summed E-state index contributed by atoms with van der Waals surface area (Å²) in [5, 5.41) is 9.78. The molecule has 5 rings (SSSR count). The quantitative estimate of drug-likeness (QED) is 0.223. The molecule has 1 aliphatic heterocycles. The van der Waals surface area contributed by atoms with Crippen LogP contribution < -0.4 is 15.1 Å². The molecule has 1 atom stereocenters. The van der Waals surface area contributed by atoms with Crippen molar-refractivity contribution >= 4 is 33.3 Å². The number of aromatic nitrogens is 2. The van der Waals surface area contributed by atoms with Gasteiger partial charge in [-0.05, 0) is 48.7 Å². The number of rotatable bonds is 10. The van der Waals surface area contributed by atoms with Crippen LogP contribution in [0.5, 0.6) is 5.75 Å². The first kappa shape index (κ1) is 25.1. The second kappa shape index (κ2) is 10.8. The molecule has 0 saturated carbocycles. The lowest BCUT2D eigenvalue weighted by atomic mass is 9.98. The van der Waals surface area contributed by atoms with E-state index in [2.05, 4.69) is 17.1 Å². The van der Waals surface area contributed by atoms with Crippen LogP contribution in [-0.2, 0) is 6.42 Å². The molecule has 0 N–H and O–H groups in total. The fraction of sp³-hybridized carbons (Fsp3) is 0.357. The minimum absolute atomic E-state index is 0.0578. The number of anilines is 1. The molecule has 0 spiro atoms. The molecule has 0 saturated heterocycles. The second-order valence-electron chi connectivity index (χ2n) is 9.10. The van der Waals surface area contributed by atoms with Crippen molar-refractivity contribution in [2.75, 3.05) is 11.5 Å². The van der Waals surface area contributed by atoms with Gasteiger partial charge < -0.3 is 9.15 Å². The number of benzene rings is 2. The maximum absolute atomic E-state index is 14.0. The predicted molar refractivity (Wildman–Crippen MR) is 141 cm³/mol. The molecule has 4 aromatic rings. The average Bonchev–Trinajstić information content (AvgIpc) is 3.47. The highest BCUT2D eigenvalue weighted by atomic mass is 32.1. The van der Waals surface area contributed by atoms with Gasteiger partial charge in [0.1, 0.15) is 22.2 Å². The van der Waals surface area contributed by atoms with Crippen LogP contribution in [-0.4, -0.2) is 22.7 Å². The summed E-state index contributed by atoms with van der Waals surface area (Å²) in [4.78, 5) is 28.7. The normalized spacial score (nSPS) is 14.9. The summed E-state index contributed by atoms with van der Waals surface area (Å²) in [7, 11) is 0. The van der Waals surface area contributed by atoms with Crippen LogP contribution in [0.1, 0.15) is 78.7 Å². The van der Waals surface area contributed by atoms with Gasteiger partial charge in [-0.25, -0.2) is 4.39 Å². The van der Waals surface area contributed by atoms with Gasteiger partial charge in [0.2, 0.25) is 10.9 Å².